The number of aliphatic carboxylic acids is 1. The molecule has 2 aliphatic rings. The van der Waals surface area contributed by atoms with Crippen LogP contribution in [0.5, 0.6) is 0 Å². The zero-order chi connectivity index (χ0) is 15.1. The van der Waals surface area contributed by atoms with Crippen LogP contribution in [0.1, 0.15) is 25.7 Å². The van der Waals surface area contributed by atoms with Crippen LogP contribution in [-0.4, -0.2) is 36.9 Å². The van der Waals surface area contributed by atoms with E-state index in [9.17, 15) is 18.3 Å². The summed E-state index contributed by atoms with van der Waals surface area (Å²) in [7, 11) is -3.55. The molecule has 0 saturated heterocycles. The van der Waals surface area contributed by atoms with E-state index in [2.05, 4.69) is 0 Å². The summed E-state index contributed by atoms with van der Waals surface area (Å²) in [4.78, 5) is 11.6. The molecule has 114 valence electrons. The highest BCUT2D eigenvalue weighted by Gasteiger charge is 2.48. The molecular weight excluding hydrogens is 294 g/mol. The van der Waals surface area contributed by atoms with E-state index in [1.165, 1.54) is 22.9 Å². The Morgan fingerprint density at radius 3 is 2.57 bits per heavy atom. The highest BCUT2D eigenvalue weighted by Crippen LogP contribution is 2.49. The predicted molar refractivity (Wildman–Crippen MR) is 74.1 cm³/mol. The van der Waals surface area contributed by atoms with Gasteiger partial charge < -0.3 is 9.52 Å². The van der Waals surface area contributed by atoms with Gasteiger partial charge in [-0.3, -0.25) is 4.79 Å². The molecule has 7 heteroatoms. The van der Waals surface area contributed by atoms with E-state index in [4.69, 9.17) is 4.42 Å². The van der Waals surface area contributed by atoms with E-state index in [-0.39, 0.29) is 11.4 Å². The Morgan fingerprint density at radius 2 is 2.14 bits per heavy atom. The molecule has 1 aliphatic heterocycles. The lowest BCUT2D eigenvalue weighted by Gasteiger charge is -2.42. The van der Waals surface area contributed by atoms with E-state index < -0.39 is 21.4 Å². The first-order chi connectivity index (χ1) is 9.97. The Balaban J connectivity index is 1.80. The van der Waals surface area contributed by atoms with Gasteiger partial charge in [0.1, 0.15) is 11.2 Å². The van der Waals surface area contributed by atoms with Crippen molar-refractivity contribution in [3.05, 3.63) is 30.2 Å². The van der Waals surface area contributed by atoms with Crippen molar-refractivity contribution in [1.29, 1.82) is 0 Å². The number of sulfonamides is 1. The Kier molecular flexibility index (Phi) is 3.41. The summed E-state index contributed by atoms with van der Waals surface area (Å²) < 4.78 is 30.9. The second-order valence-corrected chi connectivity index (χ2v) is 7.48. The van der Waals surface area contributed by atoms with Crippen LogP contribution in [0.4, 0.5) is 0 Å². The van der Waals surface area contributed by atoms with Gasteiger partial charge >= 0.3 is 5.97 Å². The van der Waals surface area contributed by atoms with Crippen LogP contribution in [0.25, 0.3) is 0 Å². The van der Waals surface area contributed by atoms with Crippen LogP contribution in [-0.2, 0) is 14.8 Å². The Hall–Kier alpha value is -1.60. The molecule has 1 fully saturated rings. The molecule has 3 rings (SSSR count). The number of carbonyl (C=O) groups is 1. The van der Waals surface area contributed by atoms with Crippen molar-refractivity contribution >= 4 is 16.0 Å². The molecule has 1 aromatic heterocycles. The van der Waals surface area contributed by atoms with Gasteiger partial charge in [-0.15, -0.1) is 0 Å². The van der Waals surface area contributed by atoms with Gasteiger partial charge in [0.2, 0.25) is 10.0 Å². The monoisotopic (exact) mass is 311 g/mol. The van der Waals surface area contributed by atoms with E-state index in [0.717, 1.165) is 12.0 Å². The molecule has 0 radical (unpaired) electrons. The largest absolute Gasteiger partial charge is 0.481 e. The molecule has 1 aromatic rings. The molecule has 0 amide bonds. The molecule has 1 aliphatic carbocycles. The van der Waals surface area contributed by atoms with Crippen molar-refractivity contribution in [1.82, 2.24) is 4.31 Å². The molecule has 2 heterocycles. The summed E-state index contributed by atoms with van der Waals surface area (Å²) >= 11 is 0. The van der Waals surface area contributed by atoms with Crippen LogP contribution >= 0.6 is 0 Å². The number of rotatable bonds is 4. The van der Waals surface area contributed by atoms with Gasteiger partial charge in [0.05, 0.1) is 11.7 Å². The Morgan fingerprint density at radius 1 is 1.38 bits per heavy atom. The van der Waals surface area contributed by atoms with Gasteiger partial charge in [0.15, 0.2) is 0 Å². The van der Waals surface area contributed by atoms with Crippen LogP contribution < -0.4 is 0 Å². The number of carboxylic acids is 1. The summed E-state index contributed by atoms with van der Waals surface area (Å²) in [6.45, 7) is 0.534. The maximum atomic E-state index is 12.3. The van der Waals surface area contributed by atoms with Gasteiger partial charge in [-0.05, 0) is 25.3 Å². The Labute approximate surface area is 123 Å². The minimum atomic E-state index is -3.55. The van der Waals surface area contributed by atoms with Gasteiger partial charge in [0, 0.05) is 13.1 Å². The maximum Gasteiger partial charge on any atom is 0.313 e. The average Bonchev–Trinajstić information content (AvgIpc) is 2.92. The third kappa shape index (κ3) is 2.20. The second kappa shape index (κ2) is 4.99. The van der Waals surface area contributed by atoms with Crippen LogP contribution in [0.15, 0.2) is 39.6 Å². The number of carboxylic acid groups (broad SMARTS) is 1. The van der Waals surface area contributed by atoms with E-state index >= 15 is 0 Å². The predicted octanol–water partition coefficient (Wildman–Crippen LogP) is 1.86. The number of furan rings is 1. The van der Waals surface area contributed by atoms with Crippen LogP contribution in [0.2, 0.25) is 0 Å². The molecule has 21 heavy (non-hydrogen) atoms. The second-order valence-electron chi connectivity index (χ2n) is 5.54. The minimum absolute atomic E-state index is 0.135. The minimum Gasteiger partial charge on any atom is -0.481 e. The highest BCUT2D eigenvalue weighted by molar-refractivity contribution is 7.89. The van der Waals surface area contributed by atoms with Gasteiger partial charge in [0.25, 0.3) is 0 Å². The number of hydrogen-bond acceptors (Lipinski definition) is 4. The smallest absolute Gasteiger partial charge is 0.313 e. The molecule has 0 unspecified atom stereocenters. The van der Waals surface area contributed by atoms with Gasteiger partial charge in [-0.1, -0.05) is 18.1 Å². The fourth-order valence-electron chi connectivity index (χ4n) is 3.05. The first-order valence-electron chi connectivity index (χ1n) is 6.92. The van der Waals surface area contributed by atoms with E-state index in [0.29, 0.717) is 25.8 Å². The zero-order valence-corrected chi connectivity index (χ0v) is 12.3. The molecule has 1 saturated carbocycles. The van der Waals surface area contributed by atoms with Crippen molar-refractivity contribution in [2.75, 3.05) is 13.1 Å². The maximum absolute atomic E-state index is 12.3. The number of hydrogen-bond donors (Lipinski definition) is 1. The summed E-state index contributed by atoms with van der Waals surface area (Å²) in [5.41, 5.74) is 0.130. The molecule has 1 N–H and O–H groups in total. The Bertz CT molecular complexity index is 670. The van der Waals surface area contributed by atoms with Crippen LogP contribution in [0.3, 0.4) is 0 Å². The third-order valence-corrected chi connectivity index (χ3v) is 6.38. The summed E-state index contributed by atoms with van der Waals surface area (Å²) in [5, 5.41) is 9.43. The van der Waals surface area contributed by atoms with Crippen molar-refractivity contribution in [2.24, 2.45) is 5.41 Å². The third-order valence-electron chi connectivity index (χ3n) is 4.54. The van der Waals surface area contributed by atoms with Crippen molar-refractivity contribution < 1.29 is 22.7 Å². The number of nitrogens with zero attached hydrogens (tertiary/aromatic N) is 1. The molecule has 0 spiro atoms. The van der Waals surface area contributed by atoms with Crippen molar-refractivity contribution in [3.63, 3.8) is 0 Å². The SMILES string of the molecule is O=C(O)C1(C2=CCN(S(=O)(=O)c3ccoc3)CC2)CCC1. The van der Waals surface area contributed by atoms with Crippen LogP contribution in [0, 0.1) is 5.41 Å². The molecule has 0 bridgehead atoms. The van der Waals surface area contributed by atoms with Crippen molar-refractivity contribution in [3.8, 4) is 0 Å². The van der Waals surface area contributed by atoms with E-state index in [1.54, 1.807) is 6.08 Å². The molecule has 0 atom stereocenters. The van der Waals surface area contributed by atoms with Gasteiger partial charge in [-0.2, -0.15) is 4.31 Å². The fraction of sp³-hybridized carbons (Fsp3) is 0.500. The fourth-order valence-corrected chi connectivity index (χ4v) is 4.36. The van der Waals surface area contributed by atoms with Gasteiger partial charge in [-0.25, -0.2) is 8.42 Å². The lowest BCUT2D eigenvalue weighted by atomic mass is 9.63. The standard InChI is InChI=1S/C14H17NO5S/c16-13(17)14(5-1-6-14)11-2-7-15(8-3-11)21(18,19)12-4-9-20-10-12/h2,4,9-10H,1,3,5-8H2,(H,16,17). The van der Waals surface area contributed by atoms with Crippen molar-refractivity contribution in [2.45, 2.75) is 30.6 Å². The lowest BCUT2D eigenvalue weighted by Crippen LogP contribution is -2.44. The summed E-state index contributed by atoms with van der Waals surface area (Å²) in [5.74, 6) is -0.786. The summed E-state index contributed by atoms with van der Waals surface area (Å²) in [6, 6.07) is 1.42. The molecule has 6 nitrogen and oxygen atoms in total. The highest BCUT2D eigenvalue weighted by atomic mass is 32.2. The first kappa shape index (κ1) is 14.3. The molecular formula is C14H17NO5S. The lowest BCUT2D eigenvalue weighted by molar-refractivity contribution is -0.151. The quantitative estimate of drug-likeness (QED) is 0.857. The van der Waals surface area contributed by atoms with E-state index in [1.807, 2.05) is 0 Å². The summed E-state index contributed by atoms with van der Waals surface area (Å²) in [6.07, 6.45) is 7.01. The first-order valence-corrected chi connectivity index (χ1v) is 8.36. The molecule has 0 aromatic carbocycles. The topological polar surface area (TPSA) is 87.8 Å². The zero-order valence-electron chi connectivity index (χ0n) is 11.5. The average molecular weight is 311 g/mol. The normalized spacial score (nSPS) is 22.4.